The van der Waals surface area contributed by atoms with Crippen molar-refractivity contribution in [2.75, 3.05) is 7.05 Å². The van der Waals surface area contributed by atoms with Crippen molar-refractivity contribution >= 4 is 11.8 Å². The SMILES string of the molecule is CN1C(=O)C2C=CC=CC2(O)C1=O. The third-order valence-corrected chi connectivity index (χ3v) is 2.48. The Kier molecular flexibility index (Phi) is 1.44. The van der Waals surface area contributed by atoms with Crippen LogP contribution in [0, 0.1) is 5.92 Å². The Morgan fingerprint density at radius 3 is 2.77 bits per heavy atom. The molecule has 0 aromatic rings. The lowest BCUT2D eigenvalue weighted by Gasteiger charge is -2.21. The Morgan fingerprint density at radius 2 is 2.15 bits per heavy atom. The van der Waals surface area contributed by atoms with Gasteiger partial charge in [0.2, 0.25) is 5.91 Å². The third-order valence-electron chi connectivity index (χ3n) is 2.48. The minimum absolute atomic E-state index is 0.354. The lowest BCUT2D eigenvalue weighted by atomic mass is 9.86. The second kappa shape index (κ2) is 2.29. The normalized spacial score (nSPS) is 37.1. The summed E-state index contributed by atoms with van der Waals surface area (Å²) in [4.78, 5) is 23.8. The molecule has 1 N–H and O–H groups in total. The van der Waals surface area contributed by atoms with Gasteiger partial charge >= 0.3 is 0 Å². The predicted molar refractivity (Wildman–Crippen MR) is 44.5 cm³/mol. The summed E-state index contributed by atoms with van der Waals surface area (Å²) < 4.78 is 0. The molecule has 0 aromatic heterocycles. The van der Waals surface area contributed by atoms with Crippen molar-refractivity contribution in [1.29, 1.82) is 0 Å². The number of allylic oxidation sites excluding steroid dienone is 2. The molecule has 0 bridgehead atoms. The van der Waals surface area contributed by atoms with Crippen LogP contribution in [0.2, 0.25) is 0 Å². The van der Waals surface area contributed by atoms with Gasteiger partial charge in [-0.2, -0.15) is 0 Å². The summed E-state index contributed by atoms with van der Waals surface area (Å²) in [5, 5.41) is 9.87. The molecule has 2 rings (SSSR count). The second-order valence-electron chi connectivity index (χ2n) is 3.25. The van der Waals surface area contributed by atoms with Crippen LogP contribution in [0.5, 0.6) is 0 Å². The highest BCUT2D eigenvalue weighted by molar-refractivity contribution is 6.11. The van der Waals surface area contributed by atoms with Gasteiger partial charge in [0.25, 0.3) is 5.91 Å². The summed E-state index contributed by atoms with van der Waals surface area (Å²) in [5.74, 6) is -1.65. The van der Waals surface area contributed by atoms with E-state index < -0.39 is 17.4 Å². The molecule has 1 aliphatic carbocycles. The Hall–Kier alpha value is -1.42. The van der Waals surface area contributed by atoms with Crippen molar-refractivity contribution in [3.05, 3.63) is 24.3 Å². The quantitative estimate of drug-likeness (QED) is 0.508. The first-order valence-corrected chi connectivity index (χ1v) is 3.98. The van der Waals surface area contributed by atoms with Gasteiger partial charge < -0.3 is 5.11 Å². The molecule has 2 atom stereocenters. The van der Waals surface area contributed by atoms with E-state index in [1.54, 1.807) is 18.2 Å². The zero-order valence-corrected chi connectivity index (χ0v) is 7.10. The van der Waals surface area contributed by atoms with E-state index in [2.05, 4.69) is 0 Å². The van der Waals surface area contributed by atoms with E-state index in [-0.39, 0.29) is 5.91 Å². The number of aliphatic hydroxyl groups is 1. The van der Waals surface area contributed by atoms with Crippen molar-refractivity contribution in [3.63, 3.8) is 0 Å². The van der Waals surface area contributed by atoms with E-state index in [1.165, 1.54) is 13.1 Å². The monoisotopic (exact) mass is 179 g/mol. The van der Waals surface area contributed by atoms with Crippen molar-refractivity contribution in [2.24, 2.45) is 5.92 Å². The van der Waals surface area contributed by atoms with Gasteiger partial charge in [-0.05, 0) is 6.08 Å². The number of amides is 2. The van der Waals surface area contributed by atoms with Crippen LogP contribution < -0.4 is 0 Å². The molecule has 13 heavy (non-hydrogen) atoms. The van der Waals surface area contributed by atoms with Gasteiger partial charge in [-0.25, -0.2) is 0 Å². The van der Waals surface area contributed by atoms with Crippen LogP contribution in [0.25, 0.3) is 0 Å². The first-order chi connectivity index (χ1) is 6.07. The Morgan fingerprint density at radius 1 is 1.46 bits per heavy atom. The van der Waals surface area contributed by atoms with Crippen LogP contribution >= 0.6 is 0 Å². The van der Waals surface area contributed by atoms with Crippen LogP contribution in [0.4, 0.5) is 0 Å². The van der Waals surface area contributed by atoms with E-state index in [4.69, 9.17) is 0 Å². The molecule has 1 fully saturated rings. The van der Waals surface area contributed by atoms with E-state index in [9.17, 15) is 14.7 Å². The molecule has 2 unspecified atom stereocenters. The number of fused-ring (bicyclic) bond motifs is 1. The minimum Gasteiger partial charge on any atom is -0.375 e. The third kappa shape index (κ3) is 0.833. The molecule has 0 aromatic carbocycles. The summed E-state index contributed by atoms with van der Waals surface area (Å²) in [5.41, 5.74) is -1.64. The van der Waals surface area contributed by atoms with Crippen LogP contribution in [0.3, 0.4) is 0 Å². The number of nitrogens with zero attached hydrogens (tertiary/aromatic N) is 1. The molecule has 1 saturated heterocycles. The Labute approximate surface area is 75.1 Å². The topological polar surface area (TPSA) is 57.6 Å². The molecule has 0 radical (unpaired) electrons. The Balaban J connectivity index is 2.52. The average Bonchev–Trinajstić information content (AvgIpc) is 2.29. The van der Waals surface area contributed by atoms with Crippen LogP contribution in [0.15, 0.2) is 24.3 Å². The number of likely N-dealkylation sites (N-methyl/N-ethyl adjacent to an activating group) is 1. The fourth-order valence-electron chi connectivity index (χ4n) is 1.68. The number of likely N-dealkylation sites (tertiary alicyclic amines) is 1. The second-order valence-corrected chi connectivity index (χ2v) is 3.25. The van der Waals surface area contributed by atoms with Gasteiger partial charge in [0.05, 0.1) is 5.92 Å². The fraction of sp³-hybridized carbons (Fsp3) is 0.333. The Bertz CT molecular complexity index is 345. The number of carbonyl (C=O) groups is 2. The van der Waals surface area contributed by atoms with Crippen molar-refractivity contribution in [3.8, 4) is 0 Å². The molecule has 2 aliphatic rings. The van der Waals surface area contributed by atoms with E-state index in [1.807, 2.05) is 0 Å². The lowest BCUT2D eigenvalue weighted by Crippen LogP contribution is -2.40. The molecule has 4 nitrogen and oxygen atoms in total. The molecular weight excluding hydrogens is 170 g/mol. The molecular formula is C9H9NO3. The molecule has 2 amide bonds. The first-order valence-electron chi connectivity index (χ1n) is 3.98. The molecule has 1 heterocycles. The lowest BCUT2D eigenvalue weighted by molar-refractivity contribution is -0.141. The zero-order valence-electron chi connectivity index (χ0n) is 7.10. The fourth-order valence-corrected chi connectivity index (χ4v) is 1.68. The van der Waals surface area contributed by atoms with Crippen LogP contribution in [0.1, 0.15) is 0 Å². The summed E-state index contributed by atoms with van der Waals surface area (Å²) in [7, 11) is 1.38. The maximum atomic E-state index is 11.4. The standard InChI is InChI=1S/C9H9NO3/c1-10-7(11)6-4-2-3-5-9(6,13)8(10)12/h2-6,13H,1H3. The van der Waals surface area contributed by atoms with E-state index >= 15 is 0 Å². The van der Waals surface area contributed by atoms with Crippen LogP contribution in [-0.4, -0.2) is 34.5 Å². The largest absolute Gasteiger partial charge is 0.375 e. The summed E-state index contributed by atoms with van der Waals surface area (Å²) >= 11 is 0. The number of rotatable bonds is 0. The van der Waals surface area contributed by atoms with Gasteiger partial charge in [0.15, 0.2) is 5.60 Å². The van der Waals surface area contributed by atoms with Gasteiger partial charge in [0, 0.05) is 7.05 Å². The zero-order chi connectivity index (χ0) is 9.64. The summed E-state index contributed by atoms with van der Waals surface area (Å²) in [6.45, 7) is 0. The molecule has 68 valence electrons. The average molecular weight is 179 g/mol. The predicted octanol–water partition coefficient (Wildman–Crippen LogP) is -0.542. The number of hydrogen-bond acceptors (Lipinski definition) is 3. The van der Waals surface area contributed by atoms with E-state index in [0.717, 1.165) is 4.90 Å². The summed E-state index contributed by atoms with van der Waals surface area (Å²) in [6, 6.07) is 0. The number of carbonyl (C=O) groups excluding carboxylic acids is 2. The van der Waals surface area contributed by atoms with E-state index in [0.29, 0.717) is 0 Å². The molecule has 0 saturated carbocycles. The van der Waals surface area contributed by atoms with Gasteiger partial charge in [-0.1, -0.05) is 18.2 Å². The first kappa shape index (κ1) is 8.19. The maximum Gasteiger partial charge on any atom is 0.266 e. The maximum absolute atomic E-state index is 11.4. The molecule has 4 heteroatoms. The van der Waals surface area contributed by atoms with Gasteiger partial charge in [-0.3, -0.25) is 14.5 Å². The highest BCUT2D eigenvalue weighted by atomic mass is 16.3. The van der Waals surface area contributed by atoms with Gasteiger partial charge in [0.1, 0.15) is 0 Å². The smallest absolute Gasteiger partial charge is 0.266 e. The van der Waals surface area contributed by atoms with Gasteiger partial charge in [-0.15, -0.1) is 0 Å². The van der Waals surface area contributed by atoms with Crippen molar-refractivity contribution in [1.82, 2.24) is 4.90 Å². The molecule has 1 aliphatic heterocycles. The number of imide groups is 1. The highest BCUT2D eigenvalue weighted by Gasteiger charge is 2.55. The highest BCUT2D eigenvalue weighted by Crippen LogP contribution is 2.33. The number of hydrogen-bond donors (Lipinski definition) is 1. The minimum atomic E-state index is -1.64. The van der Waals surface area contributed by atoms with Crippen molar-refractivity contribution < 1.29 is 14.7 Å². The summed E-state index contributed by atoms with van der Waals surface area (Å²) in [6.07, 6.45) is 6.13. The molecule has 0 spiro atoms. The van der Waals surface area contributed by atoms with Crippen LogP contribution in [-0.2, 0) is 9.59 Å². The van der Waals surface area contributed by atoms with Crippen molar-refractivity contribution in [2.45, 2.75) is 5.60 Å².